The van der Waals surface area contributed by atoms with Crippen LogP contribution in [-0.4, -0.2) is 73.3 Å². The Kier molecular flexibility index (Phi) is 5.17. The van der Waals surface area contributed by atoms with Gasteiger partial charge in [-0.15, -0.1) is 0 Å². The second kappa shape index (κ2) is 7.47. The van der Waals surface area contributed by atoms with Crippen LogP contribution in [0.5, 0.6) is 0 Å². The lowest BCUT2D eigenvalue weighted by Gasteiger charge is -2.50. The minimum absolute atomic E-state index is 0.0280. The molecule has 2 atom stereocenters. The minimum atomic E-state index is -0.692. The lowest BCUT2D eigenvalue weighted by molar-refractivity contribution is -0.160. The monoisotopic (exact) mass is 387 g/mol. The highest BCUT2D eigenvalue weighted by atomic mass is 19.1. The largest absolute Gasteiger partial charge is 0.342 e. The maximum Gasteiger partial charge on any atom is 0.236 e. The first-order valence-corrected chi connectivity index (χ1v) is 10.3. The summed E-state index contributed by atoms with van der Waals surface area (Å²) >= 11 is 0. The summed E-state index contributed by atoms with van der Waals surface area (Å²) in [6, 6.07) is 6.68. The Balaban J connectivity index is 1.52. The van der Waals surface area contributed by atoms with Crippen LogP contribution in [0, 0.1) is 23.1 Å². The van der Waals surface area contributed by atoms with Crippen LogP contribution in [0.15, 0.2) is 24.3 Å². The summed E-state index contributed by atoms with van der Waals surface area (Å²) in [6.45, 7) is 2.76. The Morgan fingerprint density at radius 3 is 2.36 bits per heavy atom. The number of fused-ring (bicyclic) bond motifs is 1. The highest BCUT2D eigenvalue weighted by Gasteiger charge is 2.54. The Morgan fingerprint density at radius 2 is 1.75 bits per heavy atom. The Labute approximate surface area is 166 Å². The molecule has 2 heterocycles. The molecule has 1 saturated carbocycles. The van der Waals surface area contributed by atoms with Crippen LogP contribution >= 0.6 is 0 Å². The number of likely N-dealkylation sites (N-methyl/N-ethyl adjacent to an activating group) is 1. The number of hydrogen-bond acceptors (Lipinski definition) is 3. The van der Waals surface area contributed by atoms with E-state index < -0.39 is 5.41 Å². The number of carbonyl (C=O) groups excluding carboxylic acids is 2. The van der Waals surface area contributed by atoms with E-state index >= 15 is 0 Å². The third-order valence-corrected chi connectivity index (χ3v) is 6.75. The van der Waals surface area contributed by atoms with Crippen LogP contribution in [0.2, 0.25) is 0 Å². The predicted octanol–water partition coefficient (Wildman–Crippen LogP) is 2.02. The molecule has 0 N–H and O–H groups in total. The van der Waals surface area contributed by atoms with E-state index in [9.17, 15) is 14.0 Å². The van der Waals surface area contributed by atoms with Gasteiger partial charge < -0.3 is 14.7 Å². The molecule has 4 rings (SSSR count). The van der Waals surface area contributed by atoms with Crippen LogP contribution in [0.1, 0.15) is 24.8 Å². The predicted molar refractivity (Wildman–Crippen MR) is 105 cm³/mol. The number of benzene rings is 1. The van der Waals surface area contributed by atoms with Crippen molar-refractivity contribution in [3.8, 4) is 0 Å². The zero-order valence-electron chi connectivity index (χ0n) is 16.9. The molecule has 0 spiro atoms. The van der Waals surface area contributed by atoms with Crippen molar-refractivity contribution in [3.63, 3.8) is 0 Å². The first kappa shape index (κ1) is 19.4. The van der Waals surface area contributed by atoms with Crippen LogP contribution in [0.4, 0.5) is 4.39 Å². The maximum absolute atomic E-state index is 14.3. The van der Waals surface area contributed by atoms with E-state index in [0.29, 0.717) is 43.5 Å². The van der Waals surface area contributed by atoms with Crippen molar-refractivity contribution in [1.29, 1.82) is 0 Å². The number of nitrogens with zero attached hydrogens (tertiary/aromatic N) is 3. The van der Waals surface area contributed by atoms with Gasteiger partial charge in [-0.3, -0.25) is 9.59 Å². The maximum atomic E-state index is 14.3. The molecule has 2 aliphatic heterocycles. The van der Waals surface area contributed by atoms with Gasteiger partial charge in [0.2, 0.25) is 11.8 Å². The summed E-state index contributed by atoms with van der Waals surface area (Å²) in [6.07, 6.45) is 4.05. The molecule has 0 radical (unpaired) electrons. The van der Waals surface area contributed by atoms with Gasteiger partial charge in [-0.05, 0) is 56.8 Å². The summed E-state index contributed by atoms with van der Waals surface area (Å²) in [5.74, 6) is 1.12. The molecule has 3 fully saturated rings. The van der Waals surface area contributed by atoms with Crippen molar-refractivity contribution in [3.05, 3.63) is 35.6 Å². The van der Waals surface area contributed by atoms with Crippen LogP contribution < -0.4 is 0 Å². The topological polar surface area (TPSA) is 43.9 Å². The van der Waals surface area contributed by atoms with Gasteiger partial charge in [-0.1, -0.05) is 24.6 Å². The molecule has 2 amide bonds. The second-order valence-electron chi connectivity index (χ2n) is 9.20. The molecule has 1 aromatic carbocycles. The normalized spacial score (nSPS) is 25.7. The number of hydrogen-bond donors (Lipinski definition) is 0. The van der Waals surface area contributed by atoms with Crippen LogP contribution in [0.25, 0.3) is 0 Å². The number of rotatable bonds is 5. The summed E-state index contributed by atoms with van der Waals surface area (Å²) in [5, 5.41) is 0. The Morgan fingerprint density at radius 1 is 1.11 bits per heavy atom. The zero-order valence-corrected chi connectivity index (χ0v) is 16.9. The number of amides is 2. The molecule has 5 nitrogen and oxygen atoms in total. The lowest BCUT2D eigenvalue weighted by Crippen LogP contribution is -2.66. The molecule has 6 heteroatoms. The quantitative estimate of drug-likeness (QED) is 0.776. The molecule has 152 valence electrons. The van der Waals surface area contributed by atoms with Gasteiger partial charge in [0.15, 0.2) is 0 Å². The third-order valence-electron chi connectivity index (χ3n) is 6.75. The van der Waals surface area contributed by atoms with Gasteiger partial charge in [0.05, 0.1) is 12.0 Å². The van der Waals surface area contributed by atoms with E-state index in [2.05, 4.69) is 0 Å². The molecule has 0 bridgehead atoms. The van der Waals surface area contributed by atoms with Crippen molar-refractivity contribution in [2.75, 3.05) is 46.8 Å². The summed E-state index contributed by atoms with van der Waals surface area (Å²) in [4.78, 5) is 31.6. The van der Waals surface area contributed by atoms with Crippen molar-refractivity contribution in [2.45, 2.75) is 25.7 Å². The van der Waals surface area contributed by atoms with E-state index in [0.717, 1.165) is 13.1 Å². The van der Waals surface area contributed by atoms with E-state index in [1.165, 1.54) is 25.3 Å². The standard InChI is InChI=1S/C22H30FN3O2/c1-24(2)13-20(27)26-14-22(15-26,10-16-6-3-4-9-19(16)23)21(28)25-11-17-7-5-8-18(17)12-25/h3-4,6,9,17-18H,5,7-8,10-15H2,1-2H3/t17-,18+. The molecule has 3 aliphatic rings. The van der Waals surface area contributed by atoms with E-state index in [1.807, 2.05) is 30.0 Å². The van der Waals surface area contributed by atoms with Gasteiger partial charge in [0.25, 0.3) is 0 Å². The zero-order chi connectivity index (χ0) is 19.9. The molecule has 0 unspecified atom stereocenters. The fourth-order valence-electron chi connectivity index (χ4n) is 5.30. The number of likely N-dealkylation sites (tertiary alicyclic amines) is 2. The highest BCUT2D eigenvalue weighted by Crippen LogP contribution is 2.42. The molecular formula is C22H30FN3O2. The van der Waals surface area contributed by atoms with Gasteiger partial charge in [-0.2, -0.15) is 0 Å². The smallest absolute Gasteiger partial charge is 0.236 e. The SMILES string of the molecule is CN(C)CC(=O)N1CC(Cc2ccccc2F)(C(=O)N2C[C@H]3CCC[C@H]3C2)C1. The van der Waals surface area contributed by atoms with E-state index in [1.54, 1.807) is 17.0 Å². The number of halogens is 1. The average molecular weight is 387 g/mol. The Bertz CT molecular complexity index is 748. The van der Waals surface area contributed by atoms with E-state index in [-0.39, 0.29) is 17.6 Å². The molecule has 0 aromatic heterocycles. The van der Waals surface area contributed by atoms with Crippen molar-refractivity contribution < 1.29 is 14.0 Å². The highest BCUT2D eigenvalue weighted by molar-refractivity contribution is 5.89. The fourth-order valence-corrected chi connectivity index (χ4v) is 5.30. The van der Waals surface area contributed by atoms with Crippen molar-refractivity contribution in [2.24, 2.45) is 17.3 Å². The molecule has 28 heavy (non-hydrogen) atoms. The van der Waals surface area contributed by atoms with Crippen LogP contribution in [-0.2, 0) is 16.0 Å². The summed E-state index contributed by atoms with van der Waals surface area (Å²) in [7, 11) is 3.72. The average Bonchev–Trinajstić information content (AvgIpc) is 3.19. The van der Waals surface area contributed by atoms with Gasteiger partial charge in [-0.25, -0.2) is 4.39 Å². The third kappa shape index (κ3) is 3.54. The van der Waals surface area contributed by atoms with Crippen LogP contribution in [0.3, 0.4) is 0 Å². The van der Waals surface area contributed by atoms with Gasteiger partial charge >= 0.3 is 0 Å². The first-order chi connectivity index (χ1) is 13.4. The summed E-state index contributed by atoms with van der Waals surface area (Å²) in [5.41, 5.74) is -0.127. The number of carbonyl (C=O) groups is 2. The summed E-state index contributed by atoms with van der Waals surface area (Å²) < 4.78 is 14.3. The fraction of sp³-hybridized carbons (Fsp3) is 0.636. The minimum Gasteiger partial charge on any atom is -0.342 e. The van der Waals surface area contributed by atoms with Crippen molar-refractivity contribution in [1.82, 2.24) is 14.7 Å². The van der Waals surface area contributed by atoms with E-state index in [4.69, 9.17) is 0 Å². The first-order valence-electron chi connectivity index (χ1n) is 10.3. The van der Waals surface area contributed by atoms with Crippen molar-refractivity contribution >= 4 is 11.8 Å². The lowest BCUT2D eigenvalue weighted by atomic mass is 9.73. The molecule has 2 saturated heterocycles. The molecule has 1 aromatic rings. The van der Waals surface area contributed by atoms with Gasteiger partial charge in [0.1, 0.15) is 5.82 Å². The molecular weight excluding hydrogens is 357 g/mol. The van der Waals surface area contributed by atoms with Gasteiger partial charge in [0, 0.05) is 26.2 Å². The Hall–Kier alpha value is -1.95. The second-order valence-corrected chi connectivity index (χ2v) is 9.20. The molecule has 1 aliphatic carbocycles.